The van der Waals surface area contributed by atoms with E-state index >= 15 is 0 Å². The minimum atomic E-state index is -1.63. The quantitative estimate of drug-likeness (QED) is 0.656. The molecule has 0 aliphatic heterocycles. The Bertz CT molecular complexity index is 363. The zero-order chi connectivity index (χ0) is 12.2. The number of methoxy groups -OCH3 is 1. The molecule has 5 nitrogen and oxygen atoms in total. The highest BCUT2D eigenvalue weighted by Gasteiger charge is 2.33. The summed E-state index contributed by atoms with van der Waals surface area (Å²) in [5.74, 6) is -0.531. The summed E-state index contributed by atoms with van der Waals surface area (Å²) >= 11 is 0. The third-order valence-corrected chi connectivity index (χ3v) is 2.39. The SMILES string of the molecule is COc1ccc(C[C@](N)(CO)C(=O)O)cc1. The number of ether oxygens (including phenoxy) is 1. The van der Waals surface area contributed by atoms with Crippen molar-refractivity contribution in [1.29, 1.82) is 0 Å². The van der Waals surface area contributed by atoms with Gasteiger partial charge in [0, 0.05) is 6.42 Å². The second kappa shape index (κ2) is 4.96. The van der Waals surface area contributed by atoms with Crippen molar-refractivity contribution in [2.45, 2.75) is 12.0 Å². The summed E-state index contributed by atoms with van der Waals surface area (Å²) in [5, 5.41) is 17.9. The molecule has 0 bridgehead atoms. The van der Waals surface area contributed by atoms with Gasteiger partial charge in [-0.25, -0.2) is 0 Å². The van der Waals surface area contributed by atoms with Crippen LogP contribution < -0.4 is 10.5 Å². The topological polar surface area (TPSA) is 92.8 Å². The van der Waals surface area contributed by atoms with E-state index < -0.39 is 18.1 Å². The fourth-order valence-electron chi connectivity index (χ4n) is 1.31. The molecule has 0 amide bonds. The first kappa shape index (κ1) is 12.5. The van der Waals surface area contributed by atoms with Crippen LogP contribution in [0.3, 0.4) is 0 Å². The number of aliphatic hydroxyl groups excluding tert-OH is 1. The largest absolute Gasteiger partial charge is 0.497 e. The van der Waals surface area contributed by atoms with Gasteiger partial charge in [-0.2, -0.15) is 0 Å². The summed E-state index contributed by atoms with van der Waals surface area (Å²) in [4.78, 5) is 10.9. The highest BCUT2D eigenvalue weighted by molar-refractivity contribution is 5.79. The van der Waals surface area contributed by atoms with E-state index in [0.717, 1.165) is 5.56 Å². The van der Waals surface area contributed by atoms with Gasteiger partial charge >= 0.3 is 5.97 Å². The average Bonchev–Trinajstić information content (AvgIpc) is 2.29. The Hall–Kier alpha value is -1.59. The van der Waals surface area contributed by atoms with Crippen LogP contribution in [-0.4, -0.2) is 35.4 Å². The molecule has 0 heterocycles. The maximum Gasteiger partial charge on any atom is 0.326 e. The number of hydrogen-bond donors (Lipinski definition) is 3. The fourth-order valence-corrected chi connectivity index (χ4v) is 1.31. The van der Waals surface area contributed by atoms with Crippen molar-refractivity contribution in [3.63, 3.8) is 0 Å². The number of rotatable bonds is 5. The number of nitrogens with two attached hydrogens (primary N) is 1. The van der Waals surface area contributed by atoms with Gasteiger partial charge in [0.2, 0.25) is 0 Å². The molecule has 1 aromatic carbocycles. The van der Waals surface area contributed by atoms with Crippen LogP contribution in [0.4, 0.5) is 0 Å². The maximum atomic E-state index is 10.9. The lowest BCUT2D eigenvalue weighted by molar-refractivity contribution is -0.144. The molecule has 0 radical (unpaired) electrons. The molecule has 88 valence electrons. The van der Waals surface area contributed by atoms with E-state index in [1.54, 1.807) is 31.4 Å². The van der Waals surface area contributed by atoms with Gasteiger partial charge in [0.15, 0.2) is 0 Å². The Balaban J connectivity index is 2.82. The van der Waals surface area contributed by atoms with E-state index in [1.165, 1.54) is 0 Å². The number of benzene rings is 1. The van der Waals surface area contributed by atoms with Crippen LogP contribution in [0.2, 0.25) is 0 Å². The molecule has 4 N–H and O–H groups in total. The monoisotopic (exact) mass is 225 g/mol. The lowest BCUT2D eigenvalue weighted by Gasteiger charge is -2.21. The molecule has 0 aliphatic rings. The molecular weight excluding hydrogens is 210 g/mol. The van der Waals surface area contributed by atoms with Gasteiger partial charge in [0.25, 0.3) is 0 Å². The zero-order valence-electron chi connectivity index (χ0n) is 9.01. The summed E-state index contributed by atoms with van der Waals surface area (Å²) in [6, 6.07) is 6.88. The maximum absolute atomic E-state index is 10.9. The van der Waals surface area contributed by atoms with Gasteiger partial charge in [-0.05, 0) is 17.7 Å². The number of carboxylic acid groups (broad SMARTS) is 1. The van der Waals surface area contributed by atoms with Crippen molar-refractivity contribution in [1.82, 2.24) is 0 Å². The molecule has 5 heteroatoms. The van der Waals surface area contributed by atoms with Crippen LogP contribution in [-0.2, 0) is 11.2 Å². The fraction of sp³-hybridized carbons (Fsp3) is 0.364. The minimum absolute atomic E-state index is 0.0722. The molecule has 0 aromatic heterocycles. The number of carboxylic acids is 1. The summed E-state index contributed by atoms with van der Waals surface area (Å²) < 4.78 is 4.98. The minimum Gasteiger partial charge on any atom is -0.497 e. The van der Waals surface area contributed by atoms with Gasteiger partial charge in [-0.3, -0.25) is 4.79 Å². The van der Waals surface area contributed by atoms with Gasteiger partial charge in [-0.15, -0.1) is 0 Å². The second-order valence-electron chi connectivity index (χ2n) is 3.64. The first-order chi connectivity index (χ1) is 7.51. The summed E-state index contributed by atoms with van der Waals surface area (Å²) in [7, 11) is 1.55. The Labute approximate surface area is 93.5 Å². The average molecular weight is 225 g/mol. The normalized spacial score (nSPS) is 14.2. The van der Waals surface area contributed by atoms with E-state index in [1.807, 2.05) is 0 Å². The molecule has 0 saturated heterocycles. The van der Waals surface area contributed by atoms with Crippen molar-refractivity contribution < 1.29 is 19.7 Å². The molecule has 1 aromatic rings. The summed E-state index contributed by atoms with van der Waals surface area (Å²) in [6.07, 6.45) is 0.0722. The molecule has 0 spiro atoms. The highest BCUT2D eigenvalue weighted by atomic mass is 16.5. The predicted molar refractivity (Wildman–Crippen MR) is 58.3 cm³/mol. The van der Waals surface area contributed by atoms with E-state index in [4.69, 9.17) is 20.7 Å². The second-order valence-corrected chi connectivity index (χ2v) is 3.64. The lowest BCUT2D eigenvalue weighted by atomic mass is 9.93. The van der Waals surface area contributed by atoms with Crippen molar-refractivity contribution in [3.05, 3.63) is 29.8 Å². The van der Waals surface area contributed by atoms with Crippen LogP contribution in [0.5, 0.6) is 5.75 Å². The Morgan fingerprint density at radius 3 is 2.38 bits per heavy atom. The number of carbonyl (C=O) groups is 1. The molecule has 1 rings (SSSR count). The Kier molecular flexibility index (Phi) is 3.87. The standard InChI is InChI=1S/C11H15NO4/c1-16-9-4-2-8(3-5-9)6-11(12,7-13)10(14)15/h2-5,13H,6-7,12H2,1H3,(H,14,15)/t11-/m0/s1. The van der Waals surface area contributed by atoms with Crippen molar-refractivity contribution in [3.8, 4) is 5.75 Å². The van der Waals surface area contributed by atoms with Crippen LogP contribution in [0, 0.1) is 0 Å². The van der Waals surface area contributed by atoms with Crippen molar-refractivity contribution in [2.24, 2.45) is 5.73 Å². The molecule has 0 aliphatic carbocycles. The zero-order valence-corrected chi connectivity index (χ0v) is 9.01. The highest BCUT2D eigenvalue weighted by Crippen LogP contribution is 2.15. The Morgan fingerprint density at radius 1 is 1.44 bits per heavy atom. The van der Waals surface area contributed by atoms with Crippen molar-refractivity contribution in [2.75, 3.05) is 13.7 Å². The van der Waals surface area contributed by atoms with Gasteiger partial charge in [0.05, 0.1) is 13.7 Å². The van der Waals surface area contributed by atoms with Crippen LogP contribution >= 0.6 is 0 Å². The van der Waals surface area contributed by atoms with E-state index in [0.29, 0.717) is 5.75 Å². The number of hydrogen-bond acceptors (Lipinski definition) is 4. The molecule has 0 fully saturated rings. The smallest absolute Gasteiger partial charge is 0.326 e. The van der Waals surface area contributed by atoms with Crippen molar-refractivity contribution >= 4 is 5.97 Å². The van der Waals surface area contributed by atoms with Crippen LogP contribution in [0.15, 0.2) is 24.3 Å². The molecule has 0 unspecified atom stereocenters. The van der Waals surface area contributed by atoms with E-state index in [9.17, 15) is 4.79 Å². The first-order valence-corrected chi connectivity index (χ1v) is 4.78. The summed E-state index contributed by atoms with van der Waals surface area (Å²) in [5.41, 5.74) is 4.67. The van der Waals surface area contributed by atoms with Gasteiger partial charge in [-0.1, -0.05) is 12.1 Å². The molecule has 16 heavy (non-hydrogen) atoms. The molecule has 1 atom stereocenters. The third-order valence-electron chi connectivity index (χ3n) is 2.39. The molecular formula is C11H15NO4. The van der Waals surface area contributed by atoms with E-state index in [-0.39, 0.29) is 6.42 Å². The number of aliphatic carboxylic acids is 1. The predicted octanol–water partition coefficient (Wildman–Crippen LogP) is 0.0121. The number of aliphatic hydroxyl groups is 1. The van der Waals surface area contributed by atoms with Gasteiger partial charge < -0.3 is 20.7 Å². The lowest BCUT2D eigenvalue weighted by Crippen LogP contribution is -2.53. The van der Waals surface area contributed by atoms with E-state index in [2.05, 4.69) is 0 Å². The van der Waals surface area contributed by atoms with Crippen LogP contribution in [0.1, 0.15) is 5.56 Å². The van der Waals surface area contributed by atoms with Crippen LogP contribution in [0.25, 0.3) is 0 Å². The third kappa shape index (κ3) is 2.71. The Morgan fingerprint density at radius 2 is 2.00 bits per heavy atom. The summed E-state index contributed by atoms with van der Waals surface area (Å²) in [6.45, 7) is -0.603. The first-order valence-electron chi connectivity index (χ1n) is 4.78. The van der Waals surface area contributed by atoms with Gasteiger partial charge in [0.1, 0.15) is 11.3 Å². The molecule has 0 saturated carbocycles.